The highest BCUT2D eigenvalue weighted by molar-refractivity contribution is 6.31. The average molecular weight is 354 g/mol. The number of esters is 1. The average Bonchev–Trinajstić information content (AvgIpc) is 2.54. The number of rotatable bonds is 5. The Kier molecular flexibility index (Phi) is 7.20. The number of Topliss-reactive ketones (excluding diaryl/α,β-unsaturated/α-hetero) is 1. The first-order valence-electron chi connectivity index (χ1n) is 7.00. The van der Waals surface area contributed by atoms with Gasteiger partial charge in [-0.25, -0.2) is 4.79 Å². The quantitative estimate of drug-likeness (QED) is 0.440. The monoisotopic (exact) mass is 353 g/mol. The van der Waals surface area contributed by atoms with Gasteiger partial charge in [0, 0.05) is 29.6 Å². The van der Waals surface area contributed by atoms with Crippen LogP contribution in [0.2, 0.25) is 5.02 Å². The van der Waals surface area contributed by atoms with Crippen molar-refractivity contribution >= 4 is 23.4 Å². The van der Waals surface area contributed by atoms with Crippen molar-refractivity contribution in [3.05, 3.63) is 64.9 Å². The molecule has 0 aliphatic rings. The molecule has 1 aromatic heterocycles. The summed E-state index contributed by atoms with van der Waals surface area (Å²) < 4.78 is 6.67. The van der Waals surface area contributed by atoms with E-state index in [1.807, 2.05) is 0 Å². The highest BCUT2D eigenvalue weighted by Gasteiger charge is 2.24. The number of aromatic nitrogens is 1. The summed E-state index contributed by atoms with van der Waals surface area (Å²) in [6.45, 7) is 3.89. The second-order valence-electron chi connectivity index (χ2n) is 4.81. The van der Waals surface area contributed by atoms with Gasteiger partial charge in [0.25, 0.3) is 0 Å². The van der Waals surface area contributed by atoms with Crippen LogP contribution in [0.15, 0.2) is 48.8 Å². The molecule has 6 heteroatoms. The van der Waals surface area contributed by atoms with Gasteiger partial charge in [-0.1, -0.05) is 23.7 Å². The molecule has 4 nitrogen and oxygen atoms in total. The number of carbonyl (C=O) groups excluding carboxylic acids is 2. The van der Waals surface area contributed by atoms with E-state index in [-0.39, 0.29) is 24.2 Å². The van der Waals surface area contributed by atoms with Gasteiger partial charge in [-0.2, -0.15) is 4.57 Å². The van der Waals surface area contributed by atoms with Crippen LogP contribution in [0.5, 0.6) is 0 Å². The van der Waals surface area contributed by atoms with E-state index in [2.05, 4.69) is 0 Å². The van der Waals surface area contributed by atoms with E-state index >= 15 is 0 Å². The summed E-state index contributed by atoms with van der Waals surface area (Å²) in [5.74, 6) is -0.417. The molecule has 1 heterocycles. The smallest absolute Gasteiger partial charge is 0.338 e. The molecule has 0 radical (unpaired) electrons. The second-order valence-corrected chi connectivity index (χ2v) is 5.24. The van der Waals surface area contributed by atoms with Crippen LogP contribution >= 0.6 is 11.6 Å². The molecule has 0 aliphatic heterocycles. The topological polar surface area (TPSA) is 47.2 Å². The van der Waals surface area contributed by atoms with E-state index < -0.39 is 6.04 Å². The summed E-state index contributed by atoms with van der Waals surface area (Å²) in [6.07, 6.45) is 3.39. The second kappa shape index (κ2) is 8.65. The number of hydrogen-bond donors (Lipinski definition) is 0. The minimum absolute atomic E-state index is 0. The first-order valence-corrected chi connectivity index (χ1v) is 7.38. The van der Waals surface area contributed by atoms with Crippen LogP contribution in [0, 0.1) is 0 Å². The maximum Gasteiger partial charge on any atom is 0.338 e. The van der Waals surface area contributed by atoms with E-state index in [1.165, 1.54) is 0 Å². The molecule has 0 amide bonds. The maximum absolute atomic E-state index is 12.4. The molecule has 0 aliphatic carbocycles. The standard InChI is InChI=1S/C17H17ClNO3.ClH/c1-3-22-17(21)13-7-9-19(10-8-13)12(2)16(20)14-5-4-6-15(18)11-14;/h4-12H,3H2,1-2H3;1H/q+1;/p-1. The lowest BCUT2D eigenvalue weighted by Crippen LogP contribution is -3.00. The van der Waals surface area contributed by atoms with Gasteiger partial charge >= 0.3 is 5.97 Å². The fourth-order valence-electron chi connectivity index (χ4n) is 2.07. The van der Waals surface area contributed by atoms with Crippen LogP contribution in [0.1, 0.15) is 40.6 Å². The first kappa shape index (κ1) is 19.1. The Morgan fingerprint density at radius 2 is 1.83 bits per heavy atom. The Morgan fingerprint density at radius 1 is 1.17 bits per heavy atom. The van der Waals surface area contributed by atoms with Gasteiger partial charge in [0.15, 0.2) is 12.4 Å². The molecule has 1 unspecified atom stereocenters. The molecule has 0 N–H and O–H groups in total. The summed E-state index contributed by atoms with van der Waals surface area (Å²) in [5, 5.41) is 0.528. The highest BCUT2D eigenvalue weighted by atomic mass is 35.5. The molecule has 2 rings (SSSR count). The van der Waals surface area contributed by atoms with Gasteiger partial charge in [-0.3, -0.25) is 4.79 Å². The van der Waals surface area contributed by atoms with E-state index in [0.29, 0.717) is 22.8 Å². The maximum atomic E-state index is 12.4. The Hall–Kier alpha value is -1.91. The fourth-order valence-corrected chi connectivity index (χ4v) is 2.26. The number of halogens is 2. The van der Waals surface area contributed by atoms with Crippen molar-refractivity contribution in [1.29, 1.82) is 0 Å². The van der Waals surface area contributed by atoms with Crippen LogP contribution in [0.4, 0.5) is 0 Å². The SMILES string of the molecule is CCOC(=O)c1cc[n+](C(C)C(=O)c2cccc(Cl)c2)cc1.[Cl-]. The van der Waals surface area contributed by atoms with E-state index in [9.17, 15) is 9.59 Å². The van der Waals surface area contributed by atoms with Gasteiger partial charge in [-0.15, -0.1) is 0 Å². The van der Waals surface area contributed by atoms with Gasteiger partial charge in [-0.05, 0) is 19.1 Å². The van der Waals surface area contributed by atoms with E-state index in [1.54, 1.807) is 67.2 Å². The number of hydrogen-bond acceptors (Lipinski definition) is 3. The molecule has 0 saturated carbocycles. The van der Waals surface area contributed by atoms with Crippen LogP contribution in [-0.4, -0.2) is 18.4 Å². The summed E-state index contributed by atoms with van der Waals surface area (Å²) in [7, 11) is 0. The summed E-state index contributed by atoms with van der Waals surface area (Å²) >= 11 is 5.91. The zero-order chi connectivity index (χ0) is 16.1. The minimum atomic E-state index is -0.394. The molecule has 2 aromatic rings. The Balaban J connectivity index is 0.00000264. The van der Waals surface area contributed by atoms with Crippen molar-refractivity contribution in [3.8, 4) is 0 Å². The van der Waals surface area contributed by atoms with Gasteiger partial charge < -0.3 is 17.1 Å². The van der Waals surface area contributed by atoms with Crippen LogP contribution in [-0.2, 0) is 4.74 Å². The third-order valence-electron chi connectivity index (χ3n) is 3.30. The molecule has 0 fully saturated rings. The molecule has 1 atom stereocenters. The lowest BCUT2D eigenvalue weighted by Gasteiger charge is -2.07. The molecule has 122 valence electrons. The lowest BCUT2D eigenvalue weighted by molar-refractivity contribution is -0.704. The zero-order valence-electron chi connectivity index (χ0n) is 12.8. The number of ether oxygens (including phenoxy) is 1. The van der Waals surface area contributed by atoms with E-state index in [0.717, 1.165) is 0 Å². The van der Waals surface area contributed by atoms with Gasteiger partial charge in [0.1, 0.15) is 0 Å². The first-order chi connectivity index (χ1) is 10.5. The number of carbonyl (C=O) groups is 2. The number of nitrogens with zero attached hydrogens (tertiary/aromatic N) is 1. The molecule has 23 heavy (non-hydrogen) atoms. The molecular weight excluding hydrogens is 337 g/mol. The van der Waals surface area contributed by atoms with E-state index in [4.69, 9.17) is 16.3 Å². The zero-order valence-corrected chi connectivity index (χ0v) is 14.3. The van der Waals surface area contributed by atoms with Crippen molar-refractivity contribution in [2.24, 2.45) is 0 Å². The number of benzene rings is 1. The van der Waals surface area contributed by atoms with Crippen LogP contribution < -0.4 is 17.0 Å². The van der Waals surface area contributed by atoms with Gasteiger partial charge in [0.05, 0.1) is 12.2 Å². The molecule has 0 saturated heterocycles. The summed E-state index contributed by atoms with van der Waals surface area (Å²) in [5.41, 5.74) is 1.02. The molecule has 0 bridgehead atoms. The Labute approximate surface area is 146 Å². The van der Waals surface area contributed by atoms with Crippen molar-refractivity contribution in [1.82, 2.24) is 0 Å². The largest absolute Gasteiger partial charge is 1.00 e. The van der Waals surface area contributed by atoms with Crippen molar-refractivity contribution in [2.75, 3.05) is 6.61 Å². The fraction of sp³-hybridized carbons (Fsp3) is 0.235. The Bertz CT molecular complexity index is 686. The number of ketones is 1. The Morgan fingerprint density at radius 3 is 2.39 bits per heavy atom. The minimum Gasteiger partial charge on any atom is -1.00 e. The summed E-state index contributed by atoms with van der Waals surface area (Å²) in [6, 6.07) is 9.74. The third-order valence-corrected chi connectivity index (χ3v) is 3.53. The van der Waals surface area contributed by atoms with Crippen molar-refractivity contribution in [3.63, 3.8) is 0 Å². The predicted molar refractivity (Wildman–Crippen MR) is 83.1 cm³/mol. The lowest BCUT2D eigenvalue weighted by atomic mass is 10.1. The summed E-state index contributed by atoms with van der Waals surface area (Å²) in [4.78, 5) is 24.1. The molecular formula is C17H17Cl2NO3. The number of pyridine rings is 1. The van der Waals surface area contributed by atoms with Crippen LogP contribution in [0.3, 0.4) is 0 Å². The molecule has 1 aromatic carbocycles. The highest BCUT2D eigenvalue weighted by Crippen LogP contribution is 2.14. The predicted octanol–water partition coefficient (Wildman–Crippen LogP) is 0.252. The van der Waals surface area contributed by atoms with Crippen LogP contribution in [0.25, 0.3) is 0 Å². The molecule has 0 spiro atoms. The normalized spacial score (nSPS) is 11.3. The third kappa shape index (κ3) is 4.78. The van der Waals surface area contributed by atoms with Crippen molar-refractivity contribution < 1.29 is 31.3 Å². The van der Waals surface area contributed by atoms with Gasteiger partial charge in [0.2, 0.25) is 11.8 Å². The van der Waals surface area contributed by atoms with Crippen molar-refractivity contribution in [2.45, 2.75) is 19.9 Å².